The lowest BCUT2D eigenvalue weighted by Gasteiger charge is -2.13. The third kappa shape index (κ3) is 4.03. The monoisotopic (exact) mass is 431 g/mol. The second-order valence-corrected chi connectivity index (χ2v) is 9.73. The molecule has 0 N–H and O–H groups in total. The summed E-state index contributed by atoms with van der Waals surface area (Å²) in [6.07, 6.45) is 0. The second kappa shape index (κ2) is 8.69. The van der Waals surface area contributed by atoms with Gasteiger partial charge in [-0.25, -0.2) is 4.79 Å². The van der Waals surface area contributed by atoms with E-state index in [-0.39, 0.29) is 11.3 Å². The zero-order valence-electron chi connectivity index (χ0n) is 19.2. The van der Waals surface area contributed by atoms with Gasteiger partial charge in [0.05, 0.1) is 5.56 Å². The third-order valence-corrected chi connectivity index (χ3v) is 7.84. The molecule has 0 heterocycles. The van der Waals surface area contributed by atoms with Crippen molar-refractivity contribution < 1.29 is 14.2 Å². The Bertz CT molecular complexity index is 1240. The predicted molar refractivity (Wildman–Crippen MR) is 127 cm³/mol. The van der Waals surface area contributed by atoms with Crippen molar-refractivity contribution in [1.82, 2.24) is 0 Å². The molecule has 0 saturated carbocycles. The van der Waals surface area contributed by atoms with Gasteiger partial charge >= 0.3 is 13.3 Å². The van der Waals surface area contributed by atoms with Crippen LogP contribution in [-0.4, -0.2) is 11.3 Å². The van der Waals surface area contributed by atoms with E-state index in [2.05, 4.69) is 0 Å². The van der Waals surface area contributed by atoms with Crippen molar-refractivity contribution in [3.05, 3.63) is 98.1 Å². The zero-order chi connectivity index (χ0) is 23.0. The lowest BCUT2D eigenvalue weighted by molar-refractivity contribution is 0.103. The number of rotatable bonds is 5. The molecule has 0 bridgehead atoms. The Labute approximate surface area is 185 Å². The van der Waals surface area contributed by atoms with Gasteiger partial charge in [0, 0.05) is 22.3 Å². The SMILES string of the molecule is Cc1cc(C)c(C(=O)[P+](=O)c2c(C)cc(C)c(C(=O)c3ccccc3)c2C)c(C)c1C. The van der Waals surface area contributed by atoms with Crippen molar-refractivity contribution in [1.29, 1.82) is 0 Å². The Morgan fingerprint density at radius 3 is 1.81 bits per heavy atom. The highest BCUT2D eigenvalue weighted by molar-refractivity contribution is 7.71. The van der Waals surface area contributed by atoms with Crippen LogP contribution < -0.4 is 5.30 Å². The molecule has 3 aromatic carbocycles. The first kappa shape index (κ1) is 22.8. The van der Waals surface area contributed by atoms with Crippen LogP contribution in [0.2, 0.25) is 0 Å². The fourth-order valence-corrected chi connectivity index (χ4v) is 5.94. The van der Waals surface area contributed by atoms with Gasteiger partial charge in [-0.2, -0.15) is 0 Å². The van der Waals surface area contributed by atoms with Crippen molar-refractivity contribution >= 4 is 24.4 Å². The van der Waals surface area contributed by atoms with Crippen LogP contribution in [0.25, 0.3) is 0 Å². The van der Waals surface area contributed by atoms with Crippen molar-refractivity contribution in [2.45, 2.75) is 48.5 Å². The van der Waals surface area contributed by atoms with Crippen molar-refractivity contribution in [3.63, 3.8) is 0 Å². The Hall–Kier alpha value is -2.90. The second-order valence-electron chi connectivity index (χ2n) is 8.29. The molecule has 3 rings (SSSR count). The highest BCUT2D eigenvalue weighted by atomic mass is 31.1. The standard InChI is InChI=1S/C27H28O3P/c1-15-13-17(3)24(20(6)19(15)5)27(29)31(30)26-18(4)14-16(2)23(21(26)7)25(28)22-11-9-8-10-12-22/h8-14H,1-7H3/q+1. The number of hydrogen-bond donors (Lipinski definition) is 0. The van der Waals surface area contributed by atoms with Gasteiger partial charge in [0.15, 0.2) is 5.78 Å². The van der Waals surface area contributed by atoms with Gasteiger partial charge in [0.25, 0.3) is 0 Å². The smallest absolute Gasteiger partial charge is 0.289 e. The number of benzene rings is 3. The maximum atomic E-state index is 13.6. The summed E-state index contributed by atoms with van der Waals surface area (Å²) in [6.45, 7) is 13.3. The maximum Gasteiger partial charge on any atom is 0.459 e. The van der Waals surface area contributed by atoms with Gasteiger partial charge in [0.2, 0.25) is 5.30 Å². The molecule has 158 valence electrons. The van der Waals surface area contributed by atoms with E-state index in [4.69, 9.17) is 0 Å². The van der Waals surface area contributed by atoms with Gasteiger partial charge < -0.3 is 0 Å². The molecule has 4 heteroatoms. The predicted octanol–water partition coefficient (Wildman–Crippen LogP) is 6.37. The highest BCUT2D eigenvalue weighted by Gasteiger charge is 2.39. The molecule has 0 saturated heterocycles. The minimum absolute atomic E-state index is 0.119. The van der Waals surface area contributed by atoms with Crippen LogP contribution >= 0.6 is 7.80 Å². The topological polar surface area (TPSA) is 51.2 Å². The average Bonchev–Trinajstić information content (AvgIpc) is 2.72. The van der Waals surface area contributed by atoms with E-state index in [1.807, 2.05) is 71.9 Å². The highest BCUT2D eigenvalue weighted by Crippen LogP contribution is 2.35. The number of aryl methyl sites for hydroxylation is 4. The van der Waals surface area contributed by atoms with Crippen molar-refractivity contribution in [3.8, 4) is 0 Å². The Morgan fingerprint density at radius 1 is 0.645 bits per heavy atom. The molecule has 0 aromatic heterocycles. The van der Waals surface area contributed by atoms with Crippen LogP contribution in [0.15, 0.2) is 42.5 Å². The molecule has 0 spiro atoms. The molecule has 1 unspecified atom stereocenters. The average molecular weight is 431 g/mol. The van der Waals surface area contributed by atoms with Crippen LogP contribution in [-0.2, 0) is 4.57 Å². The van der Waals surface area contributed by atoms with Gasteiger partial charge in [-0.05, 0) is 76.3 Å². The van der Waals surface area contributed by atoms with Crippen LogP contribution in [0, 0.1) is 48.5 Å². The molecule has 3 aromatic rings. The van der Waals surface area contributed by atoms with E-state index >= 15 is 0 Å². The molecule has 0 aliphatic heterocycles. The fourth-order valence-electron chi connectivity index (χ4n) is 4.39. The van der Waals surface area contributed by atoms with Crippen molar-refractivity contribution in [2.75, 3.05) is 0 Å². The largest absolute Gasteiger partial charge is 0.459 e. The van der Waals surface area contributed by atoms with Crippen LogP contribution in [0.5, 0.6) is 0 Å². The molecule has 0 aliphatic rings. The third-order valence-electron chi connectivity index (χ3n) is 6.15. The van der Waals surface area contributed by atoms with E-state index in [1.54, 1.807) is 19.1 Å². The minimum Gasteiger partial charge on any atom is -0.289 e. The summed E-state index contributed by atoms with van der Waals surface area (Å²) in [7, 11) is -2.37. The first-order valence-corrected chi connectivity index (χ1v) is 11.6. The normalized spacial score (nSPS) is 11.4. The zero-order valence-corrected chi connectivity index (χ0v) is 20.1. The van der Waals surface area contributed by atoms with Crippen LogP contribution in [0.3, 0.4) is 0 Å². The summed E-state index contributed by atoms with van der Waals surface area (Å²) in [4.78, 5) is 26.6. The number of carbonyl (C=O) groups is 2. The first-order chi connectivity index (χ1) is 14.6. The molecule has 3 nitrogen and oxygen atoms in total. The molecule has 0 radical (unpaired) electrons. The van der Waals surface area contributed by atoms with Gasteiger partial charge in [-0.3, -0.25) is 4.79 Å². The van der Waals surface area contributed by atoms with E-state index in [0.717, 1.165) is 33.4 Å². The number of hydrogen-bond acceptors (Lipinski definition) is 3. The van der Waals surface area contributed by atoms with Crippen LogP contribution in [0.1, 0.15) is 65.2 Å². The lowest BCUT2D eigenvalue weighted by atomic mass is 9.93. The lowest BCUT2D eigenvalue weighted by Crippen LogP contribution is -2.19. The summed E-state index contributed by atoms with van der Waals surface area (Å²) in [5, 5.41) is 0.474. The molecule has 0 amide bonds. The molecule has 0 fully saturated rings. The Kier molecular flexibility index (Phi) is 6.38. The van der Waals surface area contributed by atoms with E-state index in [9.17, 15) is 14.2 Å². The van der Waals surface area contributed by atoms with E-state index in [0.29, 0.717) is 27.6 Å². The molecular formula is C27H28O3P+. The fraction of sp³-hybridized carbons (Fsp3) is 0.259. The molecule has 31 heavy (non-hydrogen) atoms. The quantitative estimate of drug-likeness (QED) is 0.348. The van der Waals surface area contributed by atoms with Gasteiger partial charge in [-0.1, -0.05) is 47.0 Å². The summed E-state index contributed by atoms with van der Waals surface area (Å²) >= 11 is 0. The Morgan fingerprint density at radius 2 is 1.19 bits per heavy atom. The Balaban J connectivity index is 2.16. The number of carbonyl (C=O) groups excluding carboxylic acids is 2. The first-order valence-electron chi connectivity index (χ1n) is 10.4. The minimum atomic E-state index is -2.37. The summed E-state index contributed by atoms with van der Waals surface area (Å²) in [5.41, 5.74) is 7.32. The van der Waals surface area contributed by atoms with Gasteiger partial charge in [-0.15, -0.1) is 0 Å². The van der Waals surface area contributed by atoms with Crippen LogP contribution in [0.4, 0.5) is 0 Å². The van der Waals surface area contributed by atoms with Crippen molar-refractivity contribution in [2.24, 2.45) is 0 Å². The van der Waals surface area contributed by atoms with E-state index < -0.39 is 7.80 Å². The number of ketones is 1. The summed E-state index contributed by atoms with van der Waals surface area (Å²) in [5.74, 6) is -0.119. The summed E-state index contributed by atoms with van der Waals surface area (Å²) in [6, 6.07) is 12.9. The maximum absolute atomic E-state index is 13.6. The molecule has 1 atom stereocenters. The molecular weight excluding hydrogens is 403 g/mol. The van der Waals surface area contributed by atoms with Gasteiger partial charge in [0.1, 0.15) is 0 Å². The van der Waals surface area contributed by atoms with E-state index in [1.165, 1.54) is 0 Å². The molecule has 0 aliphatic carbocycles. The summed E-state index contributed by atoms with van der Waals surface area (Å²) < 4.78 is 13.6.